The number of nitrogens with zero attached hydrogens (tertiary/aromatic N) is 3. The van der Waals surface area contributed by atoms with E-state index >= 15 is 0 Å². The van der Waals surface area contributed by atoms with Gasteiger partial charge in [-0.25, -0.2) is 4.36 Å². The van der Waals surface area contributed by atoms with E-state index in [1.54, 1.807) is 0 Å². The molecule has 0 saturated carbocycles. The molecular weight excluding hydrogens is 351 g/mol. The van der Waals surface area contributed by atoms with Crippen molar-refractivity contribution >= 4 is 57.5 Å². The van der Waals surface area contributed by atoms with Crippen molar-refractivity contribution in [3.63, 3.8) is 0 Å². The van der Waals surface area contributed by atoms with Gasteiger partial charge in [0, 0.05) is 5.56 Å². The van der Waals surface area contributed by atoms with E-state index in [1.165, 1.54) is 0 Å². The van der Waals surface area contributed by atoms with E-state index in [2.05, 4.69) is 18.5 Å². The van der Waals surface area contributed by atoms with E-state index in [0.717, 1.165) is 5.56 Å². The molecule has 1 aromatic rings. The lowest BCUT2D eigenvalue weighted by Gasteiger charge is -2.22. The fourth-order valence-corrected chi connectivity index (χ4v) is 3.16. The minimum atomic E-state index is -1.64. The van der Waals surface area contributed by atoms with E-state index in [9.17, 15) is 0 Å². The maximum atomic E-state index is 5.95. The van der Waals surface area contributed by atoms with Gasteiger partial charge in [-0.2, -0.15) is 8.80 Å². The third-order valence-corrected chi connectivity index (χ3v) is 4.19. The summed E-state index contributed by atoms with van der Waals surface area (Å²) < 4.78 is 11.7. The van der Waals surface area contributed by atoms with Crippen molar-refractivity contribution in [1.29, 1.82) is 0 Å². The van der Waals surface area contributed by atoms with E-state index in [4.69, 9.17) is 34.8 Å². The zero-order chi connectivity index (χ0) is 15.7. The number of amidine groups is 2. The molecule has 0 radical (unpaired) electrons. The van der Waals surface area contributed by atoms with Gasteiger partial charge in [-0.05, 0) is 20.8 Å². The first-order valence-corrected chi connectivity index (χ1v) is 8.43. The molecule has 0 fully saturated rings. The smallest absolute Gasteiger partial charge is 0.248 e. The van der Waals surface area contributed by atoms with Crippen molar-refractivity contribution in [2.24, 2.45) is 13.2 Å². The second-order valence-corrected chi connectivity index (χ2v) is 8.69. The van der Waals surface area contributed by atoms with Crippen molar-refractivity contribution in [3.05, 3.63) is 35.9 Å². The Bertz CT molecular complexity index is 613. The SMILES string of the molecule is CC(C)(C)N=S1N=C(c2ccccc2)NC(C(Cl)(Cl)Cl)=N1. The fourth-order valence-electron chi connectivity index (χ4n) is 1.47. The number of hydrogen-bond acceptors (Lipinski definition) is 2. The molecule has 114 valence electrons. The van der Waals surface area contributed by atoms with Gasteiger partial charge in [0.25, 0.3) is 0 Å². The summed E-state index contributed by atoms with van der Waals surface area (Å²) in [5.74, 6) is 0.834. The van der Waals surface area contributed by atoms with Gasteiger partial charge < -0.3 is 5.32 Å². The maximum absolute atomic E-state index is 5.95. The van der Waals surface area contributed by atoms with E-state index in [0.29, 0.717) is 5.84 Å². The van der Waals surface area contributed by atoms with Gasteiger partial charge in [-0.3, -0.25) is 0 Å². The molecule has 0 amide bonds. The van der Waals surface area contributed by atoms with Crippen molar-refractivity contribution < 1.29 is 0 Å². The molecule has 1 unspecified atom stereocenters. The normalized spacial score (nSPS) is 19.8. The van der Waals surface area contributed by atoms with Gasteiger partial charge in [-0.1, -0.05) is 65.1 Å². The average Bonchev–Trinajstić information content (AvgIpc) is 2.36. The van der Waals surface area contributed by atoms with Crippen LogP contribution in [0.25, 0.3) is 0 Å². The Morgan fingerprint density at radius 3 is 2.19 bits per heavy atom. The minimum Gasteiger partial charge on any atom is -0.323 e. The highest BCUT2D eigenvalue weighted by Gasteiger charge is 2.32. The van der Waals surface area contributed by atoms with Crippen molar-refractivity contribution in [2.75, 3.05) is 0 Å². The van der Waals surface area contributed by atoms with E-state index in [-0.39, 0.29) is 11.4 Å². The zero-order valence-electron chi connectivity index (χ0n) is 11.8. The minimum absolute atomic E-state index is 0.234. The number of halogens is 3. The van der Waals surface area contributed by atoms with Gasteiger partial charge in [0.2, 0.25) is 3.79 Å². The third kappa shape index (κ3) is 4.95. The molecule has 2 rings (SSSR count). The Kier molecular flexibility index (Phi) is 4.98. The van der Waals surface area contributed by atoms with Crippen LogP contribution < -0.4 is 5.32 Å². The van der Waals surface area contributed by atoms with Gasteiger partial charge in [0.15, 0.2) is 5.84 Å². The first-order chi connectivity index (χ1) is 9.65. The Morgan fingerprint density at radius 1 is 1.05 bits per heavy atom. The number of rotatable bonds is 1. The highest BCUT2D eigenvalue weighted by Crippen LogP contribution is 2.29. The lowest BCUT2D eigenvalue weighted by atomic mass is 10.1. The Labute approximate surface area is 142 Å². The van der Waals surface area contributed by atoms with Gasteiger partial charge in [-0.15, -0.1) is 0 Å². The van der Waals surface area contributed by atoms with Crippen molar-refractivity contribution in [3.8, 4) is 0 Å². The topological polar surface area (TPSA) is 49.1 Å². The van der Waals surface area contributed by atoms with Crippen molar-refractivity contribution in [2.45, 2.75) is 30.1 Å². The molecule has 1 aliphatic heterocycles. The lowest BCUT2D eigenvalue weighted by molar-refractivity contribution is 0.592. The molecule has 0 saturated heterocycles. The average molecular weight is 366 g/mol. The van der Waals surface area contributed by atoms with E-state index < -0.39 is 14.9 Å². The molecule has 0 aromatic heterocycles. The summed E-state index contributed by atoms with van der Waals surface area (Å²) in [6.07, 6.45) is 0. The largest absolute Gasteiger partial charge is 0.323 e. The molecule has 1 heterocycles. The molecule has 1 aliphatic rings. The summed E-state index contributed by atoms with van der Waals surface area (Å²) >= 11 is 16.9. The second kappa shape index (κ2) is 6.24. The standard InChI is InChI=1S/C13H15Cl3N4S/c1-12(2,3)20-21-18-10(9-7-5-4-6-8-9)17-11(19-21)13(14,15)16/h4-8H,1-3H3,(H,17,18,19). The van der Waals surface area contributed by atoms with Crippen LogP contribution >= 0.6 is 34.8 Å². The molecule has 1 atom stereocenters. The van der Waals surface area contributed by atoms with Gasteiger partial charge in [0.1, 0.15) is 16.9 Å². The monoisotopic (exact) mass is 364 g/mol. The first kappa shape index (κ1) is 16.7. The van der Waals surface area contributed by atoms with Gasteiger partial charge >= 0.3 is 0 Å². The summed E-state index contributed by atoms with van der Waals surface area (Å²) in [4.78, 5) is 0. The fraction of sp³-hybridized carbons (Fsp3) is 0.385. The molecular formula is C13H15Cl3N4S. The molecule has 4 nitrogen and oxygen atoms in total. The molecule has 21 heavy (non-hydrogen) atoms. The second-order valence-electron chi connectivity index (χ2n) is 5.38. The summed E-state index contributed by atoms with van der Waals surface area (Å²) in [5.41, 5.74) is 0.606. The Morgan fingerprint density at radius 2 is 1.67 bits per heavy atom. The Balaban J connectivity index is 2.46. The molecule has 0 bridgehead atoms. The molecule has 0 aliphatic carbocycles. The highest BCUT2D eigenvalue weighted by molar-refractivity contribution is 7.85. The van der Waals surface area contributed by atoms with Crippen LogP contribution in [0.2, 0.25) is 0 Å². The summed E-state index contributed by atoms with van der Waals surface area (Å²) in [6, 6.07) is 9.60. The number of nitrogens with one attached hydrogen (secondary N) is 1. The quantitative estimate of drug-likeness (QED) is 0.744. The number of benzene rings is 1. The van der Waals surface area contributed by atoms with Crippen molar-refractivity contribution in [1.82, 2.24) is 5.32 Å². The lowest BCUT2D eigenvalue weighted by Crippen LogP contribution is -2.42. The van der Waals surface area contributed by atoms with Crippen LogP contribution in [0, 0.1) is 0 Å². The molecule has 0 spiro atoms. The molecule has 1 aromatic carbocycles. The zero-order valence-corrected chi connectivity index (χ0v) is 14.9. The summed E-state index contributed by atoms with van der Waals surface area (Å²) in [5, 5.41) is 2.98. The van der Waals surface area contributed by atoms with Crippen LogP contribution in [0.3, 0.4) is 0 Å². The summed E-state index contributed by atoms with van der Waals surface area (Å²) in [6.45, 7) is 5.93. The molecule has 1 N–H and O–H groups in total. The highest BCUT2D eigenvalue weighted by atomic mass is 35.6. The van der Waals surface area contributed by atoms with Crippen LogP contribution in [0.1, 0.15) is 26.3 Å². The van der Waals surface area contributed by atoms with Gasteiger partial charge in [0.05, 0.1) is 5.54 Å². The maximum Gasteiger partial charge on any atom is 0.248 e. The van der Waals surface area contributed by atoms with E-state index in [1.807, 2.05) is 51.1 Å². The number of alkyl halides is 3. The van der Waals surface area contributed by atoms with Crippen LogP contribution in [-0.4, -0.2) is 21.0 Å². The predicted octanol–water partition coefficient (Wildman–Crippen LogP) is 4.24. The third-order valence-electron chi connectivity index (χ3n) is 2.25. The Hall–Kier alpha value is -0.620. The van der Waals surface area contributed by atoms with Crippen LogP contribution in [0.15, 0.2) is 43.5 Å². The summed E-state index contributed by atoms with van der Waals surface area (Å²) in [7, 11) is 0. The predicted molar refractivity (Wildman–Crippen MR) is 93.4 cm³/mol. The number of hydrogen-bond donors (Lipinski definition) is 1. The molecule has 8 heteroatoms. The van der Waals surface area contributed by atoms with Crippen LogP contribution in [-0.2, 0) is 11.1 Å². The van der Waals surface area contributed by atoms with Crippen LogP contribution in [0.4, 0.5) is 0 Å². The van der Waals surface area contributed by atoms with Crippen LogP contribution in [0.5, 0.6) is 0 Å². The first-order valence-electron chi connectivity index (χ1n) is 6.20.